The molecule has 29 heavy (non-hydrogen) atoms. The molecule has 2 heterocycles. The third-order valence-electron chi connectivity index (χ3n) is 5.05. The summed E-state index contributed by atoms with van der Waals surface area (Å²) < 4.78 is 67.6. The van der Waals surface area contributed by atoms with Crippen molar-refractivity contribution < 1.29 is 21.6 Å². The molecule has 1 fully saturated rings. The Morgan fingerprint density at radius 1 is 1.10 bits per heavy atom. The highest BCUT2D eigenvalue weighted by molar-refractivity contribution is 7.89. The minimum atomic E-state index is -4.58. The molecule has 0 amide bonds. The summed E-state index contributed by atoms with van der Waals surface area (Å²) in [4.78, 5) is 6.19. The molecule has 160 valence electrons. The van der Waals surface area contributed by atoms with E-state index in [9.17, 15) is 21.6 Å². The van der Waals surface area contributed by atoms with E-state index in [0.29, 0.717) is 25.1 Å². The molecule has 1 aliphatic rings. The molecule has 0 aliphatic carbocycles. The van der Waals surface area contributed by atoms with Gasteiger partial charge in [0.1, 0.15) is 5.82 Å². The van der Waals surface area contributed by atoms with E-state index in [0.717, 1.165) is 31.0 Å². The van der Waals surface area contributed by atoms with Gasteiger partial charge in [0.25, 0.3) is 0 Å². The molecule has 2 aromatic rings. The molecule has 1 aromatic heterocycles. The highest BCUT2D eigenvalue weighted by atomic mass is 32.2. The van der Waals surface area contributed by atoms with Crippen molar-refractivity contribution in [3.05, 3.63) is 48.0 Å². The molecule has 0 spiro atoms. The number of halogens is 3. The number of piperazine rings is 1. The van der Waals surface area contributed by atoms with E-state index in [4.69, 9.17) is 0 Å². The minimum absolute atomic E-state index is 0.250. The van der Waals surface area contributed by atoms with Crippen LogP contribution in [0.3, 0.4) is 0 Å². The zero-order valence-corrected chi connectivity index (χ0v) is 17.2. The summed E-state index contributed by atoms with van der Waals surface area (Å²) in [5, 5.41) is 0. The first-order chi connectivity index (χ1) is 13.6. The smallest absolute Gasteiger partial charge is 0.333 e. The maximum Gasteiger partial charge on any atom is 0.416 e. The maximum absolute atomic E-state index is 12.9. The number of nitrogens with zero attached hydrogens (tertiary/aromatic N) is 4. The lowest BCUT2D eigenvalue weighted by Crippen LogP contribution is -2.49. The normalized spacial score (nSPS) is 17.2. The average Bonchev–Trinajstić information content (AvgIpc) is 3.15. The largest absolute Gasteiger partial charge is 0.416 e. The van der Waals surface area contributed by atoms with Crippen LogP contribution in [0.4, 0.5) is 13.2 Å². The van der Waals surface area contributed by atoms with Crippen LogP contribution in [0.1, 0.15) is 31.2 Å². The number of rotatable bonds is 6. The molecule has 6 nitrogen and oxygen atoms in total. The molecule has 0 unspecified atom stereocenters. The third kappa shape index (κ3) is 4.99. The second-order valence-corrected chi connectivity index (χ2v) is 9.34. The molecular weight excluding hydrogens is 405 g/mol. The highest BCUT2D eigenvalue weighted by Crippen LogP contribution is 2.31. The van der Waals surface area contributed by atoms with Gasteiger partial charge in [-0.15, -0.1) is 0 Å². The predicted molar refractivity (Wildman–Crippen MR) is 103 cm³/mol. The standard InChI is InChI=1S/C19H25F3N4O2S/c1-15(2)18-23-6-7-25(18)11-8-24-9-12-26(13-10-24)29(27,28)17-5-3-4-16(14-17)19(20,21)22/h3-7,14-15H,8-13H2,1-2H3. The lowest BCUT2D eigenvalue weighted by molar-refractivity contribution is -0.137. The Bertz CT molecular complexity index is 933. The summed E-state index contributed by atoms with van der Waals surface area (Å²) >= 11 is 0. The van der Waals surface area contributed by atoms with Crippen LogP contribution in [-0.2, 0) is 22.7 Å². The van der Waals surface area contributed by atoms with Crippen molar-refractivity contribution in [3.8, 4) is 0 Å². The van der Waals surface area contributed by atoms with Crippen LogP contribution in [0.2, 0.25) is 0 Å². The van der Waals surface area contributed by atoms with Gasteiger partial charge in [-0.3, -0.25) is 4.90 Å². The van der Waals surface area contributed by atoms with Crippen molar-refractivity contribution in [2.24, 2.45) is 0 Å². The minimum Gasteiger partial charge on any atom is -0.333 e. The summed E-state index contributed by atoms with van der Waals surface area (Å²) in [7, 11) is -3.95. The van der Waals surface area contributed by atoms with E-state index in [-0.39, 0.29) is 18.0 Å². The van der Waals surface area contributed by atoms with Gasteiger partial charge in [0, 0.05) is 57.6 Å². The number of imidazole rings is 1. The molecule has 0 N–H and O–H groups in total. The van der Waals surface area contributed by atoms with Gasteiger partial charge >= 0.3 is 6.18 Å². The lowest BCUT2D eigenvalue weighted by atomic mass is 10.2. The summed E-state index contributed by atoms with van der Waals surface area (Å²) in [6, 6.07) is 3.92. The summed E-state index contributed by atoms with van der Waals surface area (Å²) in [6.07, 6.45) is -0.870. The van der Waals surface area contributed by atoms with Gasteiger partial charge < -0.3 is 4.57 Å². The first kappa shape index (κ1) is 21.8. The Morgan fingerprint density at radius 3 is 2.41 bits per heavy atom. The van der Waals surface area contributed by atoms with E-state index in [1.54, 1.807) is 6.20 Å². The van der Waals surface area contributed by atoms with E-state index >= 15 is 0 Å². The van der Waals surface area contributed by atoms with Crippen molar-refractivity contribution >= 4 is 10.0 Å². The van der Waals surface area contributed by atoms with Gasteiger partial charge in [-0.25, -0.2) is 13.4 Å². The fourth-order valence-corrected chi connectivity index (χ4v) is 4.90. The molecule has 1 saturated heterocycles. The third-order valence-corrected chi connectivity index (χ3v) is 6.95. The molecule has 0 bridgehead atoms. The summed E-state index contributed by atoms with van der Waals surface area (Å²) in [6.45, 7) is 7.24. The second-order valence-electron chi connectivity index (χ2n) is 7.40. The topological polar surface area (TPSA) is 58.4 Å². The molecule has 1 aliphatic heterocycles. The van der Waals surface area contributed by atoms with E-state index < -0.39 is 21.8 Å². The van der Waals surface area contributed by atoms with E-state index in [1.165, 1.54) is 10.4 Å². The first-order valence-corrected chi connectivity index (χ1v) is 10.9. The lowest BCUT2D eigenvalue weighted by Gasteiger charge is -2.34. The maximum atomic E-state index is 12.9. The highest BCUT2D eigenvalue weighted by Gasteiger charge is 2.34. The first-order valence-electron chi connectivity index (χ1n) is 9.50. The molecule has 0 radical (unpaired) electrons. The van der Waals surface area contributed by atoms with Crippen LogP contribution in [0, 0.1) is 0 Å². The Hall–Kier alpha value is -1.91. The Balaban J connectivity index is 1.60. The number of hydrogen-bond acceptors (Lipinski definition) is 4. The summed E-state index contributed by atoms with van der Waals surface area (Å²) in [5.41, 5.74) is -0.960. The Morgan fingerprint density at radius 2 is 1.79 bits per heavy atom. The van der Waals surface area contributed by atoms with Crippen molar-refractivity contribution in [3.63, 3.8) is 0 Å². The van der Waals surface area contributed by atoms with Gasteiger partial charge in [0.2, 0.25) is 10.0 Å². The predicted octanol–water partition coefficient (Wildman–Crippen LogP) is 3.03. The van der Waals surface area contributed by atoms with Crippen molar-refractivity contribution in [1.82, 2.24) is 18.8 Å². The number of alkyl halides is 3. The SMILES string of the molecule is CC(C)c1nccn1CCN1CCN(S(=O)(=O)c2cccc(C(F)(F)F)c2)CC1. The average molecular weight is 430 g/mol. The second kappa shape index (κ2) is 8.45. The van der Waals surface area contributed by atoms with Crippen molar-refractivity contribution in [1.29, 1.82) is 0 Å². The van der Waals surface area contributed by atoms with E-state index in [2.05, 4.69) is 28.3 Å². The molecule has 1 aromatic carbocycles. The number of hydrogen-bond donors (Lipinski definition) is 0. The van der Waals surface area contributed by atoms with Gasteiger partial charge in [-0.1, -0.05) is 19.9 Å². The zero-order chi connectivity index (χ0) is 21.2. The summed E-state index contributed by atoms with van der Waals surface area (Å²) in [5.74, 6) is 1.33. The quantitative estimate of drug-likeness (QED) is 0.707. The van der Waals surface area contributed by atoms with Crippen LogP contribution in [0.15, 0.2) is 41.6 Å². The van der Waals surface area contributed by atoms with Gasteiger partial charge in [0.05, 0.1) is 10.5 Å². The molecule has 0 atom stereocenters. The fraction of sp³-hybridized carbons (Fsp3) is 0.526. The monoisotopic (exact) mass is 430 g/mol. The number of benzene rings is 1. The van der Waals surface area contributed by atoms with Crippen LogP contribution in [0.5, 0.6) is 0 Å². The van der Waals surface area contributed by atoms with Crippen LogP contribution in [-0.4, -0.2) is 59.9 Å². The zero-order valence-electron chi connectivity index (χ0n) is 16.4. The number of aromatic nitrogens is 2. The number of sulfonamides is 1. The van der Waals surface area contributed by atoms with Crippen LogP contribution >= 0.6 is 0 Å². The fourth-order valence-electron chi connectivity index (χ4n) is 3.44. The van der Waals surface area contributed by atoms with Crippen molar-refractivity contribution in [2.75, 3.05) is 32.7 Å². The van der Waals surface area contributed by atoms with Crippen LogP contribution in [0.25, 0.3) is 0 Å². The van der Waals surface area contributed by atoms with Gasteiger partial charge in [-0.05, 0) is 18.2 Å². The van der Waals surface area contributed by atoms with Gasteiger partial charge in [0.15, 0.2) is 0 Å². The molecule has 3 rings (SSSR count). The molecule has 10 heteroatoms. The van der Waals surface area contributed by atoms with Crippen LogP contribution < -0.4 is 0 Å². The molecular formula is C19H25F3N4O2S. The molecule has 0 saturated carbocycles. The van der Waals surface area contributed by atoms with Crippen molar-refractivity contribution in [2.45, 2.75) is 37.4 Å². The van der Waals surface area contributed by atoms with Gasteiger partial charge in [-0.2, -0.15) is 17.5 Å². The Labute approximate surface area is 169 Å². The van der Waals surface area contributed by atoms with E-state index in [1.807, 2.05) is 6.20 Å². The Kier molecular flexibility index (Phi) is 6.35.